The van der Waals surface area contributed by atoms with Gasteiger partial charge in [0.05, 0.1) is 7.11 Å². The molecule has 18 heavy (non-hydrogen) atoms. The highest BCUT2D eigenvalue weighted by molar-refractivity contribution is 5.43. The first-order chi connectivity index (χ1) is 8.65. The van der Waals surface area contributed by atoms with Gasteiger partial charge in [0.15, 0.2) is 0 Å². The summed E-state index contributed by atoms with van der Waals surface area (Å²) in [5.41, 5.74) is 3.04. The Labute approximate surface area is 110 Å². The molecule has 0 radical (unpaired) electrons. The monoisotopic (exact) mass is 245 g/mol. The average Bonchev–Trinajstić information content (AvgIpc) is 3.25. The van der Waals surface area contributed by atoms with Gasteiger partial charge < -0.3 is 10.1 Å². The number of benzene rings is 1. The molecule has 1 aromatic carbocycles. The van der Waals surface area contributed by atoms with E-state index in [4.69, 9.17) is 4.74 Å². The minimum atomic E-state index is 0.365. The third-order valence-corrected chi connectivity index (χ3v) is 4.72. The minimum Gasteiger partial charge on any atom is -0.496 e. The fraction of sp³-hybridized carbons (Fsp3) is 0.625. The third-order valence-electron chi connectivity index (χ3n) is 4.72. The molecular weight excluding hydrogens is 222 g/mol. The van der Waals surface area contributed by atoms with E-state index in [1.807, 2.05) is 0 Å². The Kier molecular flexibility index (Phi) is 2.86. The van der Waals surface area contributed by atoms with E-state index in [0.29, 0.717) is 5.41 Å². The van der Waals surface area contributed by atoms with Crippen LogP contribution in [0.2, 0.25) is 0 Å². The summed E-state index contributed by atoms with van der Waals surface area (Å²) in [5, 5.41) is 3.70. The molecule has 0 heterocycles. The van der Waals surface area contributed by atoms with E-state index in [1.165, 1.54) is 30.4 Å². The summed E-state index contributed by atoms with van der Waals surface area (Å²) in [6, 6.07) is 7.52. The molecule has 2 fully saturated rings. The molecule has 2 aliphatic rings. The first kappa shape index (κ1) is 12.0. The maximum Gasteiger partial charge on any atom is 0.122 e. The van der Waals surface area contributed by atoms with Crippen LogP contribution < -0.4 is 10.1 Å². The fourth-order valence-electron chi connectivity index (χ4n) is 2.98. The molecule has 2 nitrogen and oxygen atoms in total. The van der Waals surface area contributed by atoms with E-state index in [1.54, 1.807) is 7.11 Å². The van der Waals surface area contributed by atoms with Gasteiger partial charge in [0.1, 0.15) is 5.75 Å². The number of hydrogen-bond acceptors (Lipinski definition) is 2. The molecule has 2 aliphatic carbocycles. The Morgan fingerprint density at radius 1 is 1.39 bits per heavy atom. The summed E-state index contributed by atoms with van der Waals surface area (Å²) < 4.78 is 5.46. The topological polar surface area (TPSA) is 21.3 Å². The van der Waals surface area contributed by atoms with Crippen LogP contribution in [0, 0.1) is 12.8 Å². The summed E-state index contributed by atoms with van der Waals surface area (Å²) in [5.74, 6) is 1.81. The lowest BCUT2D eigenvalue weighted by atomic mass is 9.92. The van der Waals surface area contributed by atoms with E-state index >= 15 is 0 Å². The van der Waals surface area contributed by atoms with Gasteiger partial charge in [-0.25, -0.2) is 0 Å². The van der Waals surface area contributed by atoms with Gasteiger partial charge in [-0.2, -0.15) is 0 Å². The van der Waals surface area contributed by atoms with E-state index in [2.05, 4.69) is 37.4 Å². The van der Waals surface area contributed by atoms with Crippen molar-refractivity contribution in [2.75, 3.05) is 13.7 Å². The number of methoxy groups -OCH3 is 1. The van der Waals surface area contributed by atoms with Gasteiger partial charge in [-0.15, -0.1) is 0 Å². The Morgan fingerprint density at radius 2 is 2.11 bits per heavy atom. The van der Waals surface area contributed by atoms with Crippen LogP contribution in [-0.4, -0.2) is 19.7 Å². The highest BCUT2D eigenvalue weighted by Crippen LogP contribution is 2.54. The standard InChI is InChI=1S/C16H23NO/c1-11-4-5-13(8-15(11)18-3)16(9-12(16)2)10-17-14-6-7-14/h4-5,8,12,14,17H,6-7,9-10H2,1-3H3. The van der Waals surface area contributed by atoms with Crippen molar-refractivity contribution < 1.29 is 4.74 Å². The highest BCUT2D eigenvalue weighted by Gasteiger charge is 2.52. The molecule has 2 atom stereocenters. The first-order valence-electron chi connectivity index (χ1n) is 7.04. The van der Waals surface area contributed by atoms with Crippen molar-refractivity contribution in [2.45, 2.75) is 44.6 Å². The van der Waals surface area contributed by atoms with Crippen molar-refractivity contribution in [3.8, 4) is 5.75 Å². The van der Waals surface area contributed by atoms with Crippen molar-refractivity contribution in [1.82, 2.24) is 5.32 Å². The van der Waals surface area contributed by atoms with Crippen molar-refractivity contribution in [1.29, 1.82) is 0 Å². The number of nitrogens with one attached hydrogen (secondary N) is 1. The van der Waals surface area contributed by atoms with Crippen LogP contribution in [0.4, 0.5) is 0 Å². The van der Waals surface area contributed by atoms with Crippen LogP contribution in [-0.2, 0) is 5.41 Å². The van der Waals surface area contributed by atoms with Crippen molar-refractivity contribution >= 4 is 0 Å². The van der Waals surface area contributed by atoms with Gasteiger partial charge in [-0.1, -0.05) is 19.1 Å². The van der Waals surface area contributed by atoms with E-state index in [-0.39, 0.29) is 0 Å². The zero-order valence-electron chi connectivity index (χ0n) is 11.6. The zero-order chi connectivity index (χ0) is 12.8. The zero-order valence-corrected chi connectivity index (χ0v) is 11.6. The molecule has 1 aromatic rings. The van der Waals surface area contributed by atoms with Crippen LogP contribution in [0.1, 0.15) is 37.3 Å². The fourth-order valence-corrected chi connectivity index (χ4v) is 2.98. The molecule has 0 aromatic heterocycles. The van der Waals surface area contributed by atoms with E-state index < -0.39 is 0 Å². The van der Waals surface area contributed by atoms with Gasteiger partial charge in [0, 0.05) is 18.0 Å². The summed E-state index contributed by atoms with van der Waals surface area (Å²) in [4.78, 5) is 0. The molecule has 0 spiro atoms. The van der Waals surface area contributed by atoms with Crippen molar-refractivity contribution in [3.05, 3.63) is 29.3 Å². The molecule has 0 saturated heterocycles. The SMILES string of the molecule is COc1cc(C2(CNC3CC3)CC2C)ccc1C. The second-order valence-electron chi connectivity index (χ2n) is 6.10. The van der Waals surface area contributed by atoms with Gasteiger partial charge in [0.25, 0.3) is 0 Å². The number of ether oxygens (including phenoxy) is 1. The smallest absolute Gasteiger partial charge is 0.122 e. The van der Waals surface area contributed by atoms with Gasteiger partial charge in [0.2, 0.25) is 0 Å². The maximum atomic E-state index is 5.46. The van der Waals surface area contributed by atoms with Crippen LogP contribution in [0.3, 0.4) is 0 Å². The Hall–Kier alpha value is -1.02. The quantitative estimate of drug-likeness (QED) is 0.861. The van der Waals surface area contributed by atoms with Gasteiger partial charge in [-0.3, -0.25) is 0 Å². The van der Waals surface area contributed by atoms with Gasteiger partial charge in [-0.05, 0) is 49.3 Å². The maximum absolute atomic E-state index is 5.46. The largest absolute Gasteiger partial charge is 0.496 e. The summed E-state index contributed by atoms with van der Waals surface area (Å²) in [6.07, 6.45) is 4.03. The normalized spacial score (nSPS) is 30.3. The van der Waals surface area contributed by atoms with Crippen molar-refractivity contribution in [2.24, 2.45) is 5.92 Å². The van der Waals surface area contributed by atoms with Crippen LogP contribution >= 0.6 is 0 Å². The Bertz CT molecular complexity index is 452. The number of rotatable bonds is 5. The Balaban J connectivity index is 1.82. The van der Waals surface area contributed by atoms with E-state index in [9.17, 15) is 0 Å². The molecule has 3 rings (SSSR count). The molecule has 0 aliphatic heterocycles. The van der Waals surface area contributed by atoms with Crippen LogP contribution in [0.25, 0.3) is 0 Å². The third kappa shape index (κ3) is 2.03. The number of hydrogen-bond donors (Lipinski definition) is 1. The lowest BCUT2D eigenvalue weighted by Gasteiger charge is -2.19. The molecule has 1 N–H and O–H groups in total. The van der Waals surface area contributed by atoms with Crippen LogP contribution in [0.5, 0.6) is 5.75 Å². The molecule has 2 heteroatoms. The molecule has 2 saturated carbocycles. The second-order valence-corrected chi connectivity index (χ2v) is 6.10. The predicted molar refractivity (Wildman–Crippen MR) is 74.2 cm³/mol. The predicted octanol–water partition coefficient (Wildman–Crippen LogP) is 3.03. The first-order valence-corrected chi connectivity index (χ1v) is 7.04. The van der Waals surface area contributed by atoms with Crippen LogP contribution in [0.15, 0.2) is 18.2 Å². The number of aryl methyl sites for hydroxylation is 1. The van der Waals surface area contributed by atoms with Gasteiger partial charge >= 0.3 is 0 Å². The molecule has 98 valence electrons. The summed E-state index contributed by atoms with van der Waals surface area (Å²) >= 11 is 0. The lowest BCUT2D eigenvalue weighted by Crippen LogP contribution is -2.29. The summed E-state index contributed by atoms with van der Waals surface area (Å²) in [7, 11) is 1.76. The molecule has 0 bridgehead atoms. The average molecular weight is 245 g/mol. The van der Waals surface area contributed by atoms with E-state index in [0.717, 1.165) is 24.3 Å². The van der Waals surface area contributed by atoms with Crippen molar-refractivity contribution in [3.63, 3.8) is 0 Å². The Morgan fingerprint density at radius 3 is 2.67 bits per heavy atom. The lowest BCUT2D eigenvalue weighted by molar-refractivity contribution is 0.410. The molecular formula is C16H23NO. The minimum absolute atomic E-state index is 0.365. The summed E-state index contributed by atoms with van der Waals surface area (Å²) in [6.45, 7) is 5.60. The molecule has 2 unspecified atom stereocenters. The molecule has 0 amide bonds. The second kappa shape index (κ2) is 4.27. The highest BCUT2D eigenvalue weighted by atomic mass is 16.5.